The number of aliphatic hydroxyl groups excluding tert-OH is 3. The number of hydrogen-bond acceptors (Lipinski definition) is 8. The van der Waals surface area contributed by atoms with Crippen LogP contribution < -0.4 is 10.6 Å². The fraction of sp³-hybridized carbons (Fsp3) is 0.429. The van der Waals surface area contributed by atoms with E-state index in [0.717, 1.165) is 59.1 Å². The monoisotopic (exact) mass is 966 g/mol. The van der Waals surface area contributed by atoms with Crippen molar-refractivity contribution in [2.45, 2.75) is 118 Å². The van der Waals surface area contributed by atoms with E-state index < -0.39 is 22.5 Å². The van der Waals surface area contributed by atoms with Crippen molar-refractivity contribution in [3.8, 4) is 22.3 Å². The molecule has 0 aromatic heterocycles. The van der Waals surface area contributed by atoms with E-state index in [0.29, 0.717) is 53.7 Å². The molecule has 2 saturated carbocycles. The van der Waals surface area contributed by atoms with Crippen molar-refractivity contribution in [1.82, 2.24) is 10.6 Å². The smallest absolute Gasteiger partial charge is 0.316 e. The Labute approximate surface area is 409 Å². The van der Waals surface area contributed by atoms with Crippen LogP contribution in [0.4, 0.5) is 8.78 Å². The van der Waals surface area contributed by atoms with Crippen molar-refractivity contribution >= 4 is 45.8 Å². The Morgan fingerprint density at radius 3 is 1.38 bits per heavy atom. The van der Waals surface area contributed by atoms with Crippen LogP contribution in [0, 0.1) is 48.1 Å². The minimum atomic E-state index is -0.767. The molecule has 2 aliphatic carbocycles. The molecular formula is C56H65ClF2N2O8. The zero-order valence-electron chi connectivity index (χ0n) is 40.8. The quantitative estimate of drug-likeness (QED) is 0.0903. The molecule has 2 amide bonds. The standard InChI is InChI=1S/C28H32FNO4.C23H24FNO3.C5H9ClO/c1-17-5-6-20(19-7-9-21(29)10-8-19)15-22(17)23-24(34-26(33)27(2,3)4)28(30-25(23)32)13-11-18(16-31)12-14-28;1-14-2-3-17(16-4-6-18(24)7-5-16)12-19(14)20-21(27)23(25-22(20)28)10-8-15(13-26)9-11-23;1-5(2,3)4(6)7/h5-10,15,18,31H,11-14,16H2,1-4H3,(H,30,32);2-7,12,15,26-27H,8-11,13H2,1H3,(H,25,28);1-3H3. The van der Waals surface area contributed by atoms with E-state index in [9.17, 15) is 43.3 Å². The average molecular weight is 968 g/mol. The Morgan fingerprint density at radius 1 is 0.623 bits per heavy atom. The Morgan fingerprint density at radius 2 is 0.986 bits per heavy atom. The van der Waals surface area contributed by atoms with Gasteiger partial charge in [0, 0.05) is 18.6 Å². The molecule has 5 N–H and O–H groups in total. The second kappa shape index (κ2) is 21.1. The molecule has 4 aromatic carbocycles. The second-order valence-electron chi connectivity index (χ2n) is 21.0. The van der Waals surface area contributed by atoms with Crippen molar-refractivity contribution in [3.05, 3.63) is 130 Å². The number of ether oxygens (including phenoxy) is 1. The summed E-state index contributed by atoms with van der Waals surface area (Å²) in [5.74, 6) is -0.651. The number of halogens is 3. The van der Waals surface area contributed by atoms with Gasteiger partial charge in [0.2, 0.25) is 5.24 Å². The molecule has 2 fully saturated rings. The van der Waals surface area contributed by atoms with Crippen LogP contribution in [0.3, 0.4) is 0 Å². The van der Waals surface area contributed by atoms with Gasteiger partial charge in [0.05, 0.1) is 27.6 Å². The van der Waals surface area contributed by atoms with Gasteiger partial charge in [-0.3, -0.25) is 19.2 Å². The molecule has 69 heavy (non-hydrogen) atoms. The third-order valence-corrected chi connectivity index (χ3v) is 14.3. The zero-order chi connectivity index (χ0) is 50.6. The van der Waals surface area contributed by atoms with Crippen molar-refractivity contribution in [2.75, 3.05) is 13.2 Å². The maximum atomic E-state index is 13.4. The predicted octanol–water partition coefficient (Wildman–Crippen LogP) is 11.1. The van der Waals surface area contributed by atoms with E-state index in [-0.39, 0.29) is 64.9 Å². The summed E-state index contributed by atoms with van der Waals surface area (Å²) in [6.45, 7) is 14.8. The minimum Gasteiger partial charge on any atom is -0.509 e. The largest absolute Gasteiger partial charge is 0.509 e. The number of benzene rings is 4. The Balaban J connectivity index is 0.000000202. The highest BCUT2D eigenvalue weighted by Gasteiger charge is 2.51. The second-order valence-corrected chi connectivity index (χ2v) is 21.3. The fourth-order valence-electron chi connectivity index (χ4n) is 9.10. The van der Waals surface area contributed by atoms with Crippen LogP contribution in [0.15, 0.2) is 96.4 Å². The first-order chi connectivity index (χ1) is 32.4. The van der Waals surface area contributed by atoms with E-state index in [1.165, 1.54) is 24.3 Å². The number of aryl methyl sites for hydroxylation is 2. The number of carbonyl (C=O) groups excluding carboxylic acids is 4. The Bertz CT molecular complexity index is 2630. The van der Waals surface area contributed by atoms with Gasteiger partial charge in [-0.25, -0.2) is 8.78 Å². The van der Waals surface area contributed by atoms with Gasteiger partial charge < -0.3 is 30.7 Å². The van der Waals surface area contributed by atoms with Gasteiger partial charge >= 0.3 is 5.97 Å². The SMILES string of the molecule is CC(C)(C)C(=O)Cl.Cc1ccc(-c2ccc(F)cc2)cc1C1=C(O)C2(CCC(CO)CC2)NC1=O.Cc1ccc(-c2ccc(F)cc2)cc1C1=C(OC(=O)C(C)(C)C)C2(CCC(CO)CC2)NC1=O. The van der Waals surface area contributed by atoms with E-state index in [1.54, 1.807) is 65.8 Å². The lowest BCUT2D eigenvalue weighted by Gasteiger charge is -2.38. The third-order valence-electron chi connectivity index (χ3n) is 13.7. The molecule has 0 radical (unpaired) electrons. The maximum absolute atomic E-state index is 13.4. The van der Waals surface area contributed by atoms with Crippen LogP contribution in [-0.4, -0.2) is 62.6 Å². The first-order valence-corrected chi connectivity index (χ1v) is 24.0. The molecule has 4 aromatic rings. The van der Waals surface area contributed by atoms with Gasteiger partial charge in [0.25, 0.3) is 11.8 Å². The molecule has 4 aliphatic rings. The van der Waals surface area contributed by atoms with E-state index in [1.807, 2.05) is 50.2 Å². The van der Waals surface area contributed by atoms with Gasteiger partial charge in [-0.2, -0.15) is 0 Å². The summed E-state index contributed by atoms with van der Waals surface area (Å²) in [4.78, 5) is 49.5. The molecule has 10 nitrogen and oxygen atoms in total. The minimum absolute atomic E-state index is 0.105. The highest BCUT2D eigenvalue weighted by atomic mass is 35.5. The van der Waals surface area contributed by atoms with Crippen molar-refractivity contribution in [3.63, 3.8) is 0 Å². The summed E-state index contributed by atoms with van der Waals surface area (Å²) in [6, 6.07) is 23.9. The number of amides is 2. The molecule has 368 valence electrons. The highest BCUT2D eigenvalue weighted by Crippen LogP contribution is 2.47. The first-order valence-electron chi connectivity index (χ1n) is 23.6. The summed E-state index contributed by atoms with van der Waals surface area (Å²) < 4.78 is 32.7. The summed E-state index contributed by atoms with van der Waals surface area (Å²) in [5.41, 5.74) is 4.62. The van der Waals surface area contributed by atoms with E-state index >= 15 is 0 Å². The zero-order valence-corrected chi connectivity index (χ0v) is 41.6. The van der Waals surface area contributed by atoms with Crippen LogP contribution in [0.5, 0.6) is 0 Å². The van der Waals surface area contributed by atoms with Crippen LogP contribution in [0.25, 0.3) is 33.4 Å². The summed E-state index contributed by atoms with van der Waals surface area (Å²) in [5, 5.41) is 35.9. The molecule has 13 heteroatoms. The normalized spacial score (nSPS) is 22.4. The lowest BCUT2D eigenvalue weighted by atomic mass is 9.75. The molecule has 8 rings (SSSR count). The molecule has 0 bridgehead atoms. The van der Waals surface area contributed by atoms with Crippen LogP contribution >= 0.6 is 11.6 Å². The van der Waals surface area contributed by atoms with Gasteiger partial charge in [-0.1, -0.05) is 69.3 Å². The van der Waals surface area contributed by atoms with Crippen molar-refractivity contribution in [2.24, 2.45) is 22.7 Å². The number of esters is 1. The summed E-state index contributed by atoms with van der Waals surface area (Å²) in [7, 11) is 0. The number of nitrogens with one attached hydrogen (secondary N) is 2. The molecule has 0 atom stereocenters. The van der Waals surface area contributed by atoms with E-state index in [4.69, 9.17) is 16.3 Å². The summed E-state index contributed by atoms with van der Waals surface area (Å²) in [6.07, 6.45) is 5.43. The summed E-state index contributed by atoms with van der Waals surface area (Å²) >= 11 is 5.11. The lowest BCUT2D eigenvalue weighted by Crippen LogP contribution is -2.48. The lowest BCUT2D eigenvalue weighted by molar-refractivity contribution is -0.150. The first kappa shape index (κ1) is 52.7. The third kappa shape index (κ3) is 11.8. The molecule has 0 saturated heterocycles. The number of hydrogen-bond donors (Lipinski definition) is 5. The number of aliphatic hydroxyl groups is 3. The van der Waals surface area contributed by atoms with Crippen LogP contribution in [0.2, 0.25) is 0 Å². The molecule has 2 aliphatic heterocycles. The number of carbonyl (C=O) groups is 4. The van der Waals surface area contributed by atoms with E-state index in [2.05, 4.69) is 10.6 Å². The van der Waals surface area contributed by atoms with Crippen molar-refractivity contribution in [1.29, 1.82) is 0 Å². The van der Waals surface area contributed by atoms with Gasteiger partial charge in [0.1, 0.15) is 23.2 Å². The average Bonchev–Trinajstić information content (AvgIpc) is 3.70. The molecular weight excluding hydrogens is 902 g/mol. The Hall–Kier alpha value is -5.69. The van der Waals surface area contributed by atoms with Gasteiger partial charge in [-0.05, 0) is 190 Å². The number of rotatable bonds is 7. The Kier molecular flexibility index (Phi) is 16.1. The molecule has 0 unspecified atom stereocenters. The van der Waals surface area contributed by atoms with Crippen LogP contribution in [-0.2, 0) is 23.9 Å². The highest BCUT2D eigenvalue weighted by molar-refractivity contribution is 6.64. The fourth-order valence-corrected chi connectivity index (χ4v) is 9.10. The van der Waals surface area contributed by atoms with Crippen molar-refractivity contribution < 1.29 is 48.0 Å². The molecule has 2 spiro atoms. The van der Waals surface area contributed by atoms with Gasteiger partial charge in [0.15, 0.2) is 0 Å². The van der Waals surface area contributed by atoms with Gasteiger partial charge in [-0.15, -0.1) is 0 Å². The molecule has 2 heterocycles. The van der Waals surface area contributed by atoms with Crippen LogP contribution in [0.1, 0.15) is 115 Å². The maximum Gasteiger partial charge on any atom is 0.316 e. The predicted molar refractivity (Wildman–Crippen MR) is 265 cm³/mol. The topological polar surface area (TPSA) is 162 Å².